The Labute approximate surface area is 69.2 Å². The lowest BCUT2D eigenvalue weighted by atomic mass is 10.2. The second kappa shape index (κ2) is 4.94. The molecule has 1 aliphatic rings. The summed E-state index contributed by atoms with van der Waals surface area (Å²) in [7, 11) is 0. The normalized spacial score (nSPS) is 26.4. The molecule has 0 aromatic rings. The first-order chi connectivity index (χ1) is 4.38. The minimum absolute atomic E-state index is 0. The van der Waals surface area contributed by atoms with Crippen LogP contribution < -0.4 is 5.73 Å². The number of hydrogen-bond donors (Lipinski definition) is 1. The lowest BCUT2D eigenvalue weighted by Crippen LogP contribution is -2.34. The summed E-state index contributed by atoms with van der Waals surface area (Å²) in [6.07, 6.45) is 2.65. The molecule has 1 aliphatic heterocycles. The molecule has 0 aromatic carbocycles. The average Bonchev–Trinajstić information content (AvgIpc) is 2.33. The maximum Gasteiger partial charge on any atom is 0.0218 e. The Bertz CT molecular complexity index is 77.7. The fourth-order valence-electron chi connectivity index (χ4n) is 1.58. The zero-order valence-corrected chi connectivity index (χ0v) is 7.36. The van der Waals surface area contributed by atoms with Gasteiger partial charge in [-0.2, -0.15) is 0 Å². The van der Waals surface area contributed by atoms with Crippen molar-refractivity contribution in [2.45, 2.75) is 25.8 Å². The van der Waals surface area contributed by atoms with Crippen LogP contribution in [0.4, 0.5) is 0 Å². The molecule has 0 aliphatic carbocycles. The largest absolute Gasteiger partial charge is 0.329 e. The molecule has 3 heteroatoms. The molecule has 0 amide bonds. The Morgan fingerprint density at radius 2 is 2.30 bits per heavy atom. The SMILES string of the molecule is CCN1CCC[C@@H]1CN.Cl. The molecular weight excluding hydrogens is 148 g/mol. The minimum atomic E-state index is 0. The van der Waals surface area contributed by atoms with Gasteiger partial charge in [-0.25, -0.2) is 0 Å². The third-order valence-electron chi connectivity index (χ3n) is 2.18. The predicted molar refractivity (Wildman–Crippen MR) is 46.6 cm³/mol. The predicted octanol–water partition coefficient (Wildman–Crippen LogP) is 0.851. The van der Waals surface area contributed by atoms with Gasteiger partial charge < -0.3 is 5.73 Å². The van der Waals surface area contributed by atoms with Gasteiger partial charge in [0.15, 0.2) is 0 Å². The van der Waals surface area contributed by atoms with Crippen LogP contribution >= 0.6 is 12.4 Å². The first-order valence-electron chi connectivity index (χ1n) is 3.82. The highest BCUT2D eigenvalue weighted by molar-refractivity contribution is 5.85. The van der Waals surface area contributed by atoms with Crippen molar-refractivity contribution in [1.29, 1.82) is 0 Å². The van der Waals surface area contributed by atoms with Gasteiger partial charge in [0.1, 0.15) is 0 Å². The van der Waals surface area contributed by atoms with Crippen LogP contribution in [0.2, 0.25) is 0 Å². The molecule has 1 saturated heterocycles. The minimum Gasteiger partial charge on any atom is -0.329 e. The van der Waals surface area contributed by atoms with Crippen molar-refractivity contribution in [3.63, 3.8) is 0 Å². The second-order valence-electron chi connectivity index (χ2n) is 2.66. The Balaban J connectivity index is 0.000000810. The van der Waals surface area contributed by atoms with Crippen LogP contribution in [0.5, 0.6) is 0 Å². The van der Waals surface area contributed by atoms with E-state index in [0.29, 0.717) is 6.04 Å². The van der Waals surface area contributed by atoms with Crippen LogP contribution in [-0.2, 0) is 0 Å². The maximum atomic E-state index is 5.56. The van der Waals surface area contributed by atoms with E-state index in [0.717, 1.165) is 6.54 Å². The van der Waals surface area contributed by atoms with E-state index >= 15 is 0 Å². The summed E-state index contributed by atoms with van der Waals surface area (Å²) in [5.74, 6) is 0. The van der Waals surface area contributed by atoms with Gasteiger partial charge in [-0.05, 0) is 25.9 Å². The van der Waals surface area contributed by atoms with Crippen LogP contribution in [0, 0.1) is 0 Å². The molecule has 0 radical (unpaired) electrons. The molecule has 0 aromatic heterocycles. The van der Waals surface area contributed by atoms with E-state index in [-0.39, 0.29) is 12.4 Å². The van der Waals surface area contributed by atoms with Gasteiger partial charge in [0.2, 0.25) is 0 Å². The average molecular weight is 165 g/mol. The molecule has 0 unspecified atom stereocenters. The van der Waals surface area contributed by atoms with E-state index in [1.54, 1.807) is 0 Å². The fraction of sp³-hybridized carbons (Fsp3) is 1.00. The zero-order chi connectivity index (χ0) is 6.69. The standard InChI is InChI=1S/C7H16N2.ClH/c1-2-9-5-3-4-7(9)6-8;/h7H,2-6,8H2,1H3;1H/t7-;/m1./s1. The molecule has 2 nitrogen and oxygen atoms in total. The highest BCUT2D eigenvalue weighted by Crippen LogP contribution is 2.14. The summed E-state index contributed by atoms with van der Waals surface area (Å²) >= 11 is 0. The smallest absolute Gasteiger partial charge is 0.0218 e. The third kappa shape index (κ3) is 2.11. The quantitative estimate of drug-likeness (QED) is 0.656. The Morgan fingerprint density at radius 3 is 2.70 bits per heavy atom. The van der Waals surface area contributed by atoms with Crippen molar-refractivity contribution in [1.82, 2.24) is 4.90 Å². The van der Waals surface area contributed by atoms with E-state index in [4.69, 9.17) is 5.73 Å². The lowest BCUT2D eigenvalue weighted by Gasteiger charge is -2.20. The Kier molecular flexibility index (Phi) is 5.04. The van der Waals surface area contributed by atoms with Crippen LogP contribution in [0.25, 0.3) is 0 Å². The number of hydrogen-bond acceptors (Lipinski definition) is 2. The number of halogens is 1. The second-order valence-corrected chi connectivity index (χ2v) is 2.66. The number of likely N-dealkylation sites (tertiary alicyclic amines) is 1. The highest BCUT2D eigenvalue weighted by atomic mass is 35.5. The van der Waals surface area contributed by atoms with Crippen LogP contribution in [0.1, 0.15) is 19.8 Å². The van der Waals surface area contributed by atoms with Crippen molar-refractivity contribution < 1.29 is 0 Å². The van der Waals surface area contributed by atoms with E-state index in [1.165, 1.54) is 25.9 Å². The Hall–Kier alpha value is 0.210. The number of likely N-dealkylation sites (N-methyl/N-ethyl adjacent to an activating group) is 1. The van der Waals surface area contributed by atoms with Crippen LogP contribution in [0.15, 0.2) is 0 Å². The van der Waals surface area contributed by atoms with Crippen LogP contribution in [-0.4, -0.2) is 30.6 Å². The van der Waals surface area contributed by atoms with Gasteiger partial charge in [-0.3, -0.25) is 4.90 Å². The molecule has 0 spiro atoms. The third-order valence-corrected chi connectivity index (χ3v) is 2.18. The molecule has 1 fully saturated rings. The van der Waals surface area contributed by atoms with E-state index in [9.17, 15) is 0 Å². The monoisotopic (exact) mass is 164 g/mol. The fourth-order valence-corrected chi connectivity index (χ4v) is 1.58. The van der Waals surface area contributed by atoms with E-state index < -0.39 is 0 Å². The van der Waals surface area contributed by atoms with Crippen LogP contribution in [0.3, 0.4) is 0 Å². The maximum absolute atomic E-state index is 5.56. The first kappa shape index (κ1) is 10.2. The summed E-state index contributed by atoms with van der Waals surface area (Å²) < 4.78 is 0. The van der Waals surface area contributed by atoms with Gasteiger partial charge in [-0.15, -0.1) is 12.4 Å². The van der Waals surface area contributed by atoms with E-state index in [1.807, 2.05) is 0 Å². The molecule has 1 heterocycles. The zero-order valence-electron chi connectivity index (χ0n) is 6.55. The number of rotatable bonds is 2. The first-order valence-corrected chi connectivity index (χ1v) is 3.82. The molecule has 62 valence electrons. The molecule has 2 N–H and O–H groups in total. The van der Waals surface area contributed by atoms with Gasteiger partial charge >= 0.3 is 0 Å². The summed E-state index contributed by atoms with van der Waals surface area (Å²) in [4.78, 5) is 2.46. The Morgan fingerprint density at radius 1 is 1.60 bits per heavy atom. The van der Waals surface area contributed by atoms with Gasteiger partial charge in [-0.1, -0.05) is 6.92 Å². The molecule has 10 heavy (non-hydrogen) atoms. The summed E-state index contributed by atoms with van der Waals surface area (Å²) in [5, 5.41) is 0. The summed E-state index contributed by atoms with van der Waals surface area (Å²) in [6, 6.07) is 0.690. The van der Waals surface area contributed by atoms with Gasteiger partial charge in [0, 0.05) is 12.6 Å². The molecule has 1 rings (SSSR count). The summed E-state index contributed by atoms with van der Waals surface area (Å²) in [5.41, 5.74) is 5.56. The summed E-state index contributed by atoms with van der Waals surface area (Å²) in [6.45, 7) is 5.47. The lowest BCUT2D eigenvalue weighted by molar-refractivity contribution is 0.272. The van der Waals surface area contributed by atoms with Crippen molar-refractivity contribution in [2.24, 2.45) is 5.73 Å². The van der Waals surface area contributed by atoms with E-state index in [2.05, 4.69) is 11.8 Å². The molecule has 0 bridgehead atoms. The molecular formula is C7H17ClN2. The van der Waals surface area contributed by atoms with Crippen molar-refractivity contribution in [3.8, 4) is 0 Å². The highest BCUT2D eigenvalue weighted by Gasteiger charge is 2.20. The topological polar surface area (TPSA) is 29.3 Å². The number of nitrogens with zero attached hydrogens (tertiary/aromatic N) is 1. The van der Waals surface area contributed by atoms with Gasteiger partial charge in [0.05, 0.1) is 0 Å². The molecule has 0 saturated carbocycles. The number of nitrogens with two attached hydrogens (primary N) is 1. The van der Waals surface area contributed by atoms with Gasteiger partial charge in [0.25, 0.3) is 0 Å². The van der Waals surface area contributed by atoms with Crippen molar-refractivity contribution in [3.05, 3.63) is 0 Å². The van der Waals surface area contributed by atoms with Crippen molar-refractivity contribution >= 4 is 12.4 Å². The molecule has 1 atom stereocenters. The van der Waals surface area contributed by atoms with Crippen molar-refractivity contribution in [2.75, 3.05) is 19.6 Å².